The summed E-state index contributed by atoms with van der Waals surface area (Å²) in [5.41, 5.74) is -0.322. The van der Waals surface area contributed by atoms with Gasteiger partial charge in [-0.2, -0.15) is 4.31 Å². The first kappa shape index (κ1) is 13.0. The lowest BCUT2D eigenvalue weighted by Gasteiger charge is -2.23. The number of hydrogen-bond acceptors (Lipinski definition) is 5. The molecular weight excluding hydrogens is 268 g/mol. The Bertz CT molecular complexity index is 544. The van der Waals surface area contributed by atoms with E-state index >= 15 is 0 Å². The summed E-state index contributed by atoms with van der Waals surface area (Å²) in [6.45, 7) is 3.31. The molecule has 2 aliphatic heterocycles. The molecule has 7 nitrogen and oxygen atoms in total. The molecule has 0 N–H and O–H groups in total. The van der Waals surface area contributed by atoms with Gasteiger partial charge in [-0.05, 0) is 13.3 Å². The molecule has 2 saturated heterocycles. The Balaban J connectivity index is 1.71. The molecule has 0 amide bonds. The van der Waals surface area contributed by atoms with Crippen LogP contribution in [0.15, 0.2) is 12.7 Å². The molecule has 2 aliphatic rings. The topological polar surface area (TPSA) is 77.3 Å². The van der Waals surface area contributed by atoms with Gasteiger partial charge in [-0.3, -0.25) is 0 Å². The average Bonchev–Trinajstić information content (AvgIpc) is 3.11. The molecule has 0 saturated carbocycles. The first-order valence-corrected chi connectivity index (χ1v) is 8.11. The minimum atomic E-state index is -3.11. The van der Waals surface area contributed by atoms with Gasteiger partial charge in [0.15, 0.2) is 0 Å². The highest BCUT2D eigenvalue weighted by Crippen LogP contribution is 2.40. The second-order valence-corrected chi connectivity index (χ2v) is 7.50. The fourth-order valence-electron chi connectivity index (χ4n) is 2.92. The standard InChI is InChI=1S/C11H18N4O3S/c1-2-19(16,17)15-4-3-11(7-15)5-10(6-18-11)14-8-12-13-9-14/h8-10H,2-7H2,1H3/t10-,11-/m0/s1. The minimum absolute atomic E-state index is 0.151. The van der Waals surface area contributed by atoms with Crippen molar-refractivity contribution < 1.29 is 13.2 Å². The average molecular weight is 286 g/mol. The Hall–Kier alpha value is -0.990. The SMILES string of the molecule is CCS(=O)(=O)N1CC[C@]2(C[C@H](n3cnnc3)CO2)C1. The summed E-state index contributed by atoms with van der Waals surface area (Å²) < 4.78 is 33.2. The van der Waals surface area contributed by atoms with Gasteiger partial charge in [0.2, 0.25) is 10.0 Å². The van der Waals surface area contributed by atoms with Crippen molar-refractivity contribution in [2.45, 2.75) is 31.4 Å². The molecule has 1 aromatic heterocycles. The molecule has 1 aromatic rings. The van der Waals surface area contributed by atoms with E-state index in [0.29, 0.717) is 19.7 Å². The number of ether oxygens (including phenoxy) is 1. The van der Waals surface area contributed by atoms with Crippen LogP contribution in [0.3, 0.4) is 0 Å². The molecule has 19 heavy (non-hydrogen) atoms. The van der Waals surface area contributed by atoms with Crippen LogP contribution in [0.5, 0.6) is 0 Å². The Morgan fingerprint density at radius 3 is 2.84 bits per heavy atom. The van der Waals surface area contributed by atoms with Crippen LogP contribution in [0.25, 0.3) is 0 Å². The van der Waals surface area contributed by atoms with E-state index in [9.17, 15) is 8.42 Å². The summed E-state index contributed by atoms with van der Waals surface area (Å²) >= 11 is 0. The van der Waals surface area contributed by atoms with E-state index in [2.05, 4.69) is 10.2 Å². The molecular formula is C11H18N4O3S. The highest BCUT2D eigenvalue weighted by atomic mass is 32.2. The van der Waals surface area contributed by atoms with Crippen molar-refractivity contribution in [1.82, 2.24) is 19.1 Å². The largest absolute Gasteiger partial charge is 0.371 e. The van der Waals surface area contributed by atoms with E-state index in [-0.39, 0.29) is 17.4 Å². The smallest absolute Gasteiger partial charge is 0.213 e. The van der Waals surface area contributed by atoms with Crippen molar-refractivity contribution in [3.05, 3.63) is 12.7 Å². The molecule has 1 spiro atoms. The van der Waals surface area contributed by atoms with Crippen molar-refractivity contribution in [1.29, 1.82) is 0 Å². The quantitative estimate of drug-likeness (QED) is 0.783. The fourth-order valence-corrected chi connectivity index (χ4v) is 4.09. The maximum absolute atomic E-state index is 11.9. The summed E-state index contributed by atoms with van der Waals surface area (Å²) in [4.78, 5) is 0. The van der Waals surface area contributed by atoms with Crippen LogP contribution in [0, 0.1) is 0 Å². The third-order valence-corrected chi connectivity index (χ3v) is 5.92. The van der Waals surface area contributed by atoms with E-state index in [1.165, 1.54) is 0 Å². The molecule has 2 fully saturated rings. The lowest BCUT2D eigenvalue weighted by molar-refractivity contribution is 0.0165. The fraction of sp³-hybridized carbons (Fsp3) is 0.818. The van der Waals surface area contributed by atoms with Gasteiger partial charge in [0, 0.05) is 19.5 Å². The van der Waals surface area contributed by atoms with E-state index in [0.717, 1.165) is 12.8 Å². The van der Waals surface area contributed by atoms with Crippen molar-refractivity contribution in [3.8, 4) is 0 Å². The Kier molecular flexibility index (Phi) is 3.11. The number of hydrogen-bond donors (Lipinski definition) is 0. The molecule has 8 heteroatoms. The summed E-state index contributed by atoms with van der Waals surface area (Å²) in [6, 6.07) is 0.208. The molecule has 3 heterocycles. The zero-order valence-electron chi connectivity index (χ0n) is 10.9. The van der Waals surface area contributed by atoms with Crippen LogP contribution in [-0.2, 0) is 14.8 Å². The normalized spacial score (nSPS) is 32.4. The minimum Gasteiger partial charge on any atom is -0.371 e. The van der Waals surface area contributed by atoms with Crippen molar-refractivity contribution in [3.63, 3.8) is 0 Å². The second-order valence-electron chi connectivity index (χ2n) is 5.25. The first-order chi connectivity index (χ1) is 9.05. The molecule has 106 valence electrons. The maximum atomic E-state index is 11.9. The zero-order valence-corrected chi connectivity index (χ0v) is 11.7. The highest BCUT2D eigenvalue weighted by Gasteiger charge is 2.48. The molecule has 0 radical (unpaired) electrons. The Labute approximate surface area is 112 Å². The first-order valence-electron chi connectivity index (χ1n) is 6.51. The summed E-state index contributed by atoms with van der Waals surface area (Å²) in [7, 11) is -3.11. The highest BCUT2D eigenvalue weighted by molar-refractivity contribution is 7.89. The van der Waals surface area contributed by atoms with Gasteiger partial charge < -0.3 is 9.30 Å². The number of rotatable bonds is 3. The number of sulfonamides is 1. The van der Waals surface area contributed by atoms with Gasteiger partial charge in [0.05, 0.1) is 24.0 Å². The van der Waals surface area contributed by atoms with Gasteiger partial charge in [0.25, 0.3) is 0 Å². The number of nitrogens with zero attached hydrogens (tertiary/aromatic N) is 4. The van der Waals surface area contributed by atoms with Crippen LogP contribution >= 0.6 is 0 Å². The lowest BCUT2D eigenvalue weighted by atomic mass is 9.97. The third kappa shape index (κ3) is 2.28. The van der Waals surface area contributed by atoms with E-state index in [4.69, 9.17) is 4.74 Å². The maximum Gasteiger partial charge on any atom is 0.213 e. The van der Waals surface area contributed by atoms with Gasteiger partial charge in [-0.15, -0.1) is 10.2 Å². The van der Waals surface area contributed by atoms with E-state index < -0.39 is 10.0 Å². The van der Waals surface area contributed by atoms with Gasteiger partial charge >= 0.3 is 0 Å². The van der Waals surface area contributed by atoms with Crippen LogP contribution in [0.1, 0.15) is 25.8 Å². The number of aromatic nitrogens is 3. The van der Waals surface area contributed by atoms with Crippen LogP contribution in [0.4, 0.5) is 0 Å². The summed E-state index contributed by atoms with van der Waals surface area (Å²) in [6.07, 6.45) is 4.96. The Morgan fingerprint density at radius 2 is 2.16 bits per heavy atom. The van der Waals surface area contributed by atoms with Crippen molar-refractivity contribution >= 4 is 10.0 Å². The zero-order chi connectivity index (χ0) is 13.5. The van der Waals surface area contributed by atoms with E-state index in [1.807, 2.05) is 4.57 Å². The molecule has 0 bridgehead atoms. The predicted molar refractivity (Wildman–Crippen MR) is 68.0 cm³/mol. The van der Waals surface area contributed by atoms with Crippen LogP contribution in [0.2, 0.25) is 0 Å². The molecule has 3 rings (SSSR count). The monoisotopic (exact) mass is 286 g/mol. The predicted octanol–water partition coefficient (Wildman–Crippen LogP) is 0.0337. The molecule has 0 aromatic carbocycles. The molecule has 0 aliphatic carbocycles. The Morgan fingerprint density at radius 1 is 1.42 bits per heavy atom. The lowest BCUT2D eigenvalue weighted by Crippen LogP contribution is -2.36. The summed E-state index contributed by atoms with van der Waals surface area (Å²) in [5.74, 6) is 0.151. The van der Waals surface area contributed by atoms with Crippen LogP contribution < -0.4 is 0 Å². The van der Waals surface area contributed by atoms with E-state index in [1.54, 1.807) is 23.9 Å². The van der Waals surface area contributed by atoms with Crippen molar-refractivity contribution in [2.75, 3.05) is 25.4 Å². The van der Waals surface area contributed by atoms with Gasteiger partial charge in [-0.25, -0.2) is 8.42 Å². The van der Waals surface area contributed by atoms with Gasteiger partial charge in [-0.1, -0.05) is 0 Å². The molecule has 0 unspecified atom stereocenters. The van der Waals surface area contributed by atoms with Crippen LogP contribution in [-0.4, -0.2) is 58.5 Å². The van der Waals surface area contributed by atoms with Gasteiger partial charge in [0.1, 0.15) is 12.7 Å². The van der Waals surface area contributed by atoms with Crippen molar-refractivity contribution in [2.24, 2.45) is 0 Å². The second kappa shape index (κ2) is 4.53. The summed E-state index contributed by atoms with van der Waals surface area (Å²) in [5, 5.41) is 7.60. The third-order valence-electron chi connectivity index (χ3n) is 4.09. The molecule has 2 atom stereocenters.